The second-order valence-electron chi connectivity index (χ2n) is 6.26. The van der Waals surface area contributed by atoms with Crippen molar-refractivity contribution in [1.82, 2.24) is 15.1 Å². The van der Waals surface area contributed by atoms with Crippen LogP contribution in [0.25, 0.3) is 0 Å². The van der Waals surface area contributed by atoms with Gasteiger partial charge in [0.25, 0.3) is 0 Å². The van der Waals surface area contributed by atoms with Gasteiger partial charge in [0.2, 0.25) is 0 Å². The smallest absolute Gasteiger partial charge is 0.0249 e. The molecule has 0 aromatic rings. The maximum atomic E-state index is 3.59. The van der Waals surface area contributed by atoms with Crippen LogP contribution in [-0.2, 0) is 0 Å². The zero-order valence-electron chi connectivity index (χ0n) is 13.2. The number of rotatable bonds is 5. The maximum Gasteiger partial charge on any atom is 0.0249 e. The van der Waals surface area contributed by atoms with Gasteiger partial charge in [0, 0.05) is 31.2 Å². The molecule has 2 fully saturated rings. The van der Waals surface area contributed by atoms with E-state index in [1.54, 1.807) is 0 Å². The van der Waals surface area contributed by atoms with E-state index in [0.29, 0.717) is 0 Å². The van der Waals surface area contributed by atoms with Crippen LogP contribution < -0.4 is 5.32 Å². The molecule has 1 saturated carbocycles. The molecule has 1 N–H and O–H groups in total. The number of hydrogen-bond donors (Lipinski definition) is 1. The lowest BCUT2D eigenvalue weighted by atomic mass is 10.0. The molecule has 1 aliphatic heterocycles. The molecule has 3 atom stereocenters. The highest BCUT2D eigenvalue weighted by Crippen LogP contribution is 2.26. The molecule has 19 heavy (non-hydrogen) atoms. The molecule has 0 aromatic heterocycles. The SMILES string of the molecule is CCN(CC)C1CCN(C2CCCCCC2NC)C1. The molecule has 1 aliphatic carbocycles. The molecule has 0 radical (unpaired) electrons. The Kier molecular flexibility index (Phi) is 6.11. The average molecular weight is 267 g/mol. The van der Waals surface area contributed by atoms with Crippen LogP contribution in [-0.4, -0.2) is 61.2 Å². The van der Waals surface area contributed by atoms with Gasteiger partial charge in [-0.05, 0) is 39.4 Å². The van der Waals surface area contributed by atoms with E-state index in [9.17, 15) is 0 Å². The van der Waals surface area contributed by atoms with Crippen molar-refractivity contribution in [1.29, 1.82) is 0 Å². The van der Waals surface area contributed by atoms with Crippen LogP contribution in [0.5, 0.6) is 0 Å². The highest BCUT2D eigenvalue weighted by Gasteiger charge is 2.34. The summed E-state index contributed by atoms with van der Waals surface area (Å²) < 4.78 is 0. The summed E-state index contributed by atoms with van der Waals surface area (Å²) in [6, 6.07) is 2.31. The second kappa shape index (κ2) is 7.61. The van der Waals surface area contributed by atoms with Gasteiger partial charge in [-0.25, -0.2) is 0 Å². The summed E-state index contributed by atoms with van der Waals surface area (Å²) in [6.07, 6.45) is 8.41. The third-order valence-electron chi connectivity index (χ3n) is 5.34. The van der Waals surface area contributed by atoms with E-state index in [1.165, 1.54) is 64.7 Å². The van der Waals surface area contributed by atoms with Crippen LogP contribution >= 0.6 is 0 Å². The van der Waals surface area contributed by atoms with Crippen LogP contribution in [0.3, 0.4) is 0 Å². The molecule has 112 valence electrons. The second-order valence-corrected chi connectivity index (χ2v) is 6.26. The van der Waals surface area contributed by atoms with Crippen molar-refractivity contribution >= 4 is 0 Å². The van der Waals surface area contributed by atoms with Crippen molar-refractivity contribution in [3.8, 4) is 0 Å². The van der Waals surface area contributed by atoms with Crippen LogP contribution in [0.15, 0.2) is 0 Å². The van der Waals surface area contributed by atoms with E-state index in [-0.39, 0.29) is 0 Å². The summed E-state index contributed by atoms with van der Waals surface area (Å²) in [5.74, 6) is 0. The summed E-state index contributed by atoms with van der Waals surface area (Å²) in [7, 11) is 2.15. The van der Waals surface area contributed by atoms with Gasteiger partial charge in [0.05, 0.1) is 0 Å². The van der Waals surface area contributed by atoms with E-state index >= 15 is 0 Å². The molecule has 1 heterocycles. The number of nitrogens with one attached hydrogen (secondary N) is 1. The number of hydrogen-bond acceptors (Lipinski definition) is 3. The van der Waals surface area contributed by atoms with Gasteiger partial charge in [-0.2, -0.15) is 0 Å². The highest BCUT2D eigenvalue weighted by atomic mass is 15.3. The van der Waals surface area contributed by atoms with Crippen molar-refractivity contribution in [2.45, 2.75) is 70.5 Å². The summed E-state index contributed by atoms with van der Waals surface area (Å²) >= 11 is 0. The predicted octanol–water partition coefficient (Wildman–Crippen LogP) is 2.32. The Morgan fingerprint density at radius 2 is 1.79 bits per heavy atom. The van der Waals surface area contributed by atoms with E-state index in [4.69, 9.17) is 0 Å². The van der Waals surface area contributed by atoms with Gasteiger partial charge in [0.1, 0.15) is 0 Å². The highest BCUT2D eigenvalue weighted by molar-refractivity contribution is 4.92. The summed E-state index contributed by atoms with van der Waals surface area (Å²) in [4.78, 5) is 5.43. The Hall–Kier alpha value is -0.120. The first kappa shape index (κ1) is 15.3. The third kappa shape index (κ3) is 3.71. The summed E-state index contributed by atoms with van der Waals surface area (Å²) in [6.45, 7) is 9.61. The van der Waals surface area contributed by atoms with Gasteiger partial charge >= 0.3 is 0 Å². The molecule has 2 rings (SSSR count). The van der Waals surface area contributed by atoms with E-state index in [0.717, 1.165) is 18.1 Å². The average Bonchev–Trinajstić information content (AvgIpc) is 2.78. The lowest BCUT2D eigenvalue weighted by Crippen LogP contribution is -2.48. The zero-order chi connectivity index (χ0) is 13.7. The van der Waals surface area contributed by atoms with E-state index < -0.39 is 0 Å². The minimum absolute atomic E-state index is 0.720. The Bertz CT molecular complexity index is 252. The zero-order valence-corrected chi connectivity index (χ0v) is 13.2. The van der Waals surface area contributed by atoms with Crippen LogP contribution in [0, 0.1) is 0 Å². The fourth-order valence-corrected chi connectivity index (χ4v) is 4.17. The van der Waals surface area contributed by atoms with Gasteiger partial charge in [-0.1, -0.05) is 33.1 Å². The lowest BCUT2D eigenvalue weighted by molar-refractivity contribution is 0.158. The molecule has 3 heteroatoms. The lowest BCUT2D eigenvalue weighted by Gasteiger charge is -2.34. The first-order valence-corrected chi connectivity index (χ1v) is 8.45. The molecule has 0 amide bonds. The van der Waals surface area contributed by atoms with E-state index in [1.807, 2.05) is 0 Å². The Morgan fingerprint density at radius 1 is 1.05 bits per heavy atom. The standard InChI is InChI=1S/C16H33N3/c1-4-18(5-2)14-11-12-19(13-14)16-10-8-6-7-9-15(16)17-3/h14-17H,4-13H2,1-3H3. The van der Waals surface area contributed by atoms with Gasteiger partial charge < -0.3 is 5.32 Å². The minimum atomic E-state index is 0.720. The van der Waals surface area contributed by atoms with Crippen LogP contribution in [0.1, 0.15) is 52.4 Å². The molecule has 3 nitrogen and oxygen atoms in total. The first-order chi connectivity index (χ1) is 9.30. The number of likely N-dealkylation sites (N-methyl/N-ethyl adjacent to an activating group) is 2. The summed E-state index contributed by atoms with van der Waals surface area (Å²) in [5, 5.41) is 3.59. The third-order valence-corrected chi connectivity index (χ3v) is 5.34. The maximum absolute atomic E-state index is 3.59. The largest absolute Gasteiger partial charge is 0.315 e. The summed E-state index contributed by atoms with van der Waals surface area (Å²) in [5.41, 5.74) is 0. The predicted molar refractivity (Wildman–Crippen MR) is 82.6 cm³/mol. The molecule has 0 spiro atoms. The van der Waals surface area contributed by atoms with Gasteiger partial charge in [-0.3, -0.25) is 9.80 Å². The molecule has 2 aliphatic rings. The van der Waals surface area contributed by atoms with Crippen LogP contribution in [0.2, 0.25) is 0 Å². The van der Waals surface area contributed by atoms with Crippen molar-refractivity contribution in [3.05, 3.63) is 0 Å². The quantitative estimate of drug-likeness (QED) is 0.771. The number of nitrogens with zero attached hydrogens (tertiary/aromatic N) is 2. The van der Waals surface area contributed by atoms with Crippen molar-refractivity contribution in [3.63, 3.8) is 0 Å². The molecular weight excluding hydrogens is 234 g/mol. The molecular formula is C16H33N3. The van der Waals surface area contributed by atoms with Crippen LogP contribution in [0.4, 0.5) is 0 Å². The molecule has 0 aromatic carbocycles. The Balaban J connectivity index is 1.94. The normalized spacial score (nSPS) is 33.8. The minimum Gasteiger partial charge on any atom is -0.315 e. The molecule has 3 unspecified atom stereocenters. The number of likely N-dealkylation sites (tertiary alicyclic amines) is 1. The Morgan fingerprint density at radius 3 is 2.47 bits per heavy atom. The molecule has 1 saturated heterocycles. The first-order valence-electron chi connectivity index (χ1n) is 8.45. The fourth-order valence-electron chi connectivity index (χ4n) is 4.17. The van der Waals surface area contributed by atoms with Crippen molar-refractivity contribution in [2.24, 2.45) is 0 Å². The van der Waals surface area contributed by atoms with Gasteiger partial charge in [-0.15, -0.1) is 0 Å². The van der Waals surface area contributed by atoms with Gasteiger partial charge in [0.15, 0.2) is 0 Å². The van der Waals surface area contributed by atoms with Crippen molar-refractivity contribution in [2.75, 3.05) is 33.2 Å². The fraction of sp³-hybridized carbons (Fsp3) is 1.00. The monoisotopic (exact) mass is 267 g/mol. The Labute approximate surface area is 119 Å². The van der Waals surface area contributed by atoms with Crippen molar-refractivity contribution < 1.29 is 0 Å². The van der Waals surface area contributed by atoms with E-state index in [2.05, 4.69) is 36.0 Å². The topological polar surface area (TPSA) is 18.5 Å². The molecule has 0 bridgehead atoms.